The number of hydrogen-bond acceptors (Lipinski definition) is 3. The Morgan fingerprint density at radius 1 is 1.30 bits per heavy atom. The number of benzene rings is 1. The van der Waals surface area contributed by atoms with Gasteiger partial charge in [0.1, 0.15) is 0 Å². The van der Waals surface area contributed by atoms with Crippen molar-refractivity contribution in [2.24, 2.45) is 0 Å². The maximum atomic E-state index is 12.6. The highest BCUT2D eigenvalue weighted by molar-refractivity contribution is 7.89. The van der Waals surface area contributed by atoms with Gasteiger partial charge in [-0.15, -0.1) is 0 Å². The normalized spacial score (nSPS) is 17.0. The van der Waals surface area contributed by atoms with Crippen LogP contribution in [0.1, 0.15) is 31.7 Å². The fourth-order valence-corrected chi connectivity index (χ4v) is 4.22. The summed E-state index contributed by atoms with van der Waals surface area (Å²) in [6.07, 6.45) is 2.15. The topological polar surface area (TPSA) is 78.5 Å². The molecule has 1 aromatic carbocycles. The van der Waals surface area contributed by atoms with Crippen LogP contribution in [-0.4, -0.2) is 44.4 Å². The van der Waals surface area contributed by atoms with Gasteiger partial charge in [-0.3, -0.25) is 0 Å². The number of aryl methyl sites for hydroxylation is 1. The number of hydrogen-bond donors (Lipinski definition) is 2. The molecule has 0 aliphatic carbocycles. The van der Waals surface area contributed by atoms with Crippen LogP contribution in [0.25, 0.3) is 0 Å². The number of sulfonamides is 1. The Morgan fingerprint density at radius 3 is 2.61 bits per heavy atom. The van der Waals surface area contributed by atoms with Gasteiger partial charge >= 0.3 is 6.03 Å². The van der Waals surface area contributed by atoms with Gasteiger partial charge < -0.3 is 10.6 Å². The van der Waals surface area contributed by atoms with Crippen molar-refractivity contribution in [2.75, 3.05) is 19.6 Å². The minimum atomic E-state index is -3.45. The van der Waals surface area contributed by atoms with Gasteiger partial charge in [-0.1, -0.05) is 19.1 Å². The molecule has 0 atom stereocenters. The van der Waals surface area contributed by atoms with Gasteiger partial charge in [0.05, 0.1) is 4.90 Å². The predicted octanol–water partition coefficient (Wildman–Crippen LogP) is 1.86. The number of piperidine rings is 1. The Hall–Kier alpha value is -1.60. The second-order valence-corrected chi connectivity index (χ2v) is 7.83. The summed E-state index contributed by atoms with van der Waals surface area (Å²) in [6, 6.07) is 6.81. The van der Waals surface area contributed by atoms with Crippen molar-refractivity contribution in [3.05, 3.63) is 29.8 Å². The summed E-state index contributed by atoms with van der Waals surface area (Å²) in [5.41, 5.74) is 0.926. The van der Waals surface area contributed by atoms with Gasteiger partial charge in [-0.05, 0) is 43.9 Å². The smallest absolute Gasteiger partial charge is 0.315 e. The molecule has 6 nitrogen and oxygen atoms in total. The predicted molar refractivity (Wildman–Crippen MR) is 89.8 cm³/mol. The average Bonchev–Trinajstić information content (AvgIpc) is 2.53. The molecule has 0 bridgehead atoms. The molecule has 0 unspecified atom stereocenters. The van der Waals surface area contributed by atoms with Crippen molar-refractivity contribution in [3.63, 3.8) is 0 Å². The summed E-state index contributed by atoms with van der Waals surface area (Å²) in [5.74, 6) is 0. The van der Waals surface area contributed by atoms with Gasteiger partial charge in [0, 0.05) is 25.7 Å². The van der Waals surface area contributed by atoms with Gasteiger partial charge in [-0.2, -0.15) is 4.31 Å². The quantitative estimate of drug-likeness (QED) is 0.859. The van der Waals surface area contributed by atoms with Gasteiger partial charge in [0.15, 0.2) is 0 Å². The van der Waals surface area contributed by atoms with Crippen LogP contribution in [0.4, 0.5) is 4.79 Å². The van der Waals surface area contributed by atoms with E-state index in [9.17, 15) is 13.2 Å². The highest BCUT2D eigenvalue weighted by atomic mass is 32.2. The Kier molecular flexibility index (Phi) is 6.01. The zero-order valence-electron chi connectivity index (χ0n) is 13.7. The van der Waals surface area contributed by atoms with E-state index in [1.165, 1.54) is 4.31 Å². The number of nitrogens with one attached hydrogen (secondary N) is 2. The largest absolute Gasteiger partial charge is 0.338 e. The second kappa shape index (κ2) is 7.79. The number of urea groups is 1. The molecule has 1 aliphatic rings. The lowest BCUT2D eigenvalue weighted by molar-refractivity contribution is 0.227. The Balaban J connectivity index is 1.92. The lowest BCUT2D eigenvalue weighted by Crippen LogP contribution is -2.49. The fourth-order valence-electron chi connectivity index (χ4n) is 2.64. The number of nitrogens with zero attached hydrogens (tertiary/aromatic N) is 1. The highest BCUT2D eigenvalue weighted by Gasteiger charge is 2.29. The third-order valence-electron chi connectivity index (χ3n) is 3.95. The molecule has 1 saturated heterocycles. The summed E-state index contributed by atoms with van der Waals surface area (Å²) in [6.45, 7) is 5.37. The molecule has 1 aliphatic heterocycles. The van der Waals surface area contributed by atoms with E-state index >= 15 is 0 Å². The lowest BCUT2D eigenvalue weighted by atomic mass is 10.1. The molecular formula is C16H25N3O3S. The first-order chi connectivity index (χ1) is 10.9. The van der Waals surface area contributed by atoms with Crippen molar-refractivity contribution in [1.82, 2.24) is 14.9 Å². The highest BCUT2D eigenvalue weighted by Crippen LogP contribution is 2.21. The fraction of sp³-hybridized carbons (Fsp3) is 0.562. The van der Waals surface area contributed by atoms with Crippen LogP contribution in [0.15, 0.2) is 29.2 Å². The van der Waals surface area contributed by atoms with Crippen LogP contribution in [-0.2, 0) is 10.0 Å². The van der Waals surface area contributed by atoms with E-state index in [1.807, 2.05) is 19.9 Å². The van der Waals surface area contributed by atoms with E-state index in [-0.39, 0.29) is 12.1 Å². The summed E-state index contributed by atoms with van der Waals surface area (Å²) in [5, 5.41) is 5.67. The van der Waals surface area contributed by atoms with Crippen molar-refractivity contribution in [2.45, 2.75) is 44.0 Å². The molecule has 0 aromatic heterocycles. The maximum absolute atomic E-state index is 12.6. The molecule has 0 saturated carbocycles. The van der Waals surface area contributed by atoms with E-state index in [0.717, 1.165) is 12.0 Å². The molecule has 2 amide bonds. The van der Waals surface area contributed by atoms with E-state index < -0.39 is 10.0 Å². The van der Waals surface area contributed by atoms with Crippen LogP contribution >= 0.6 is 0 Å². The molecule has 128 valence electrons. The van der Waals surface area contributed by atoms with E-state index in [4.69, 9.17) is 0 Å². The number of carbonyl (C=O) groups is 1. The van der Waals surface area contributed by atoms with Gasteiger partial charge in [0.2, 0.25) is 10.0 Å². The number of carbonyl (C=O) groups excluding carboxylic acids is 1. The average molecular weight is 339 g/mol. The number of amides is 2. The molecule has 7 heteroatoms. The van der Waals surface area contributed by atoms with Crippen molar-refractivity contribution >= 4 is 16.1 Å². The molecule has 1 fully saturated rings. The van der Waals surface area contributed by atoms with E-state index in [0.29, 0.717) is 37.4 Å². The van der Waals surface area contributed by atoms with Crippen LogP contribution in [0.5, 0.6) is 0 Å². The monoisotopic (exact) mass is 339 g/mol. The molecular weight excluding hydrogens is 314 g/mol. The Labute approximate surface area is 138 Å². The first kappa shape index (κ1) is 17.7. The van der Waals surface area contributed by atoms with Gasteiger partial charge in [0.25, 0.3) is 0 Å². The maximum Gasteiger partial charge on any atom is 0.315 e. The van der Waals surface area contributed by atoms with Crippen LogP contribution < -0.4 is 10.6 Å². The Bertz CT molecular complexity index is 638. The first-order valence-corrected chi connectivity index (χ1v) is 9.48. The number of rotatable bonds is 5. The third-order valence-corrected chi connectivity index (χ3v) is 5.85. The Morgan fingerprint density at radius 2 is 2.00 bits per heavy atom. The standard InChI is InChI=1S/C16H25N3O3S/c1-3-9-17-16(20)18-14-7-10-19(11-8-14)23(21,22)15-6-4-5-13(2)12-15/h4-6,12,14H,3,7-11H2,1-2H3,(H2,17,18,20). The summed E-state index contributed by atoms with van der Waals surface area (Å²) in [4.78, 5) is 12.0. The molecule has 1 aromatic rings. The minimum absolute atomic E-state index is 0.0239. The summed E-state index contributed by atoms with van der Waals surface area (Å²) < 4.78 is 26.8. The first-order valence-electron chi connectivity index (χ1n) is 8.04. The van der Waals surface area contributed by atoms with Crippen molar-refractivity contribution < 1.29 is 13.2 Å². The molecule has 2 rings (SSSR count). The second-order valence-electron chi connectivity index (χ2n) is 5.90. The van der Waals surface area contributed by atoms with Crippen molar-refractivity contribution in [3.8, 4) is 0 Å². The third kappa shape index (κ3) is 4.68. The molecule has 0 spiro atoms. The van der Waals surface area contributed by atoms with Crippen molar-refractivity contribution in [1.29, 1.82) is 0 Å². The lowest BCUT2D eigenvalue weighted by Gasteiger charge is -2.31. The zero-order chi connectivity index (χ0) is 16.9. The molecule has 23 heavy (non-hydrogen) atoms. The molecule has 1 heterocycles. The SMILES string of the molecule is CCCNC(=O)NC1CCN(S(=O)(=O)c2cccc(C)c2)CC1. The zero-order valence-corrected chi connectivity index (χ0v) is 14.5. The van der Waals surface area contributed by atoms with Crippen LogP contribution in [0, 0.1) is 6.92 Å². The molecule has 0 radical (unpaired) electrons. The minimum Gasteiger partial charge on any atom is -0.338 e. The van der Waals surface area contributed by atoms with Crippen LogP contribution in [0.3, 0.4) is 0 Å². The van der Waals surface area contributed by atoms with E-state index in [2.05, 4.69) is 10.6 Å². The van der Waals surface area contributed by atoms with Crippen LogP contribution in [0.2, 0.25) is 0 Å². The summed E-state index contributed by atoms with van der Waals surface area (Å²) in [7, 11) is -3.45. The van der Waals surface area contributed by atoms with E-state index in [1.54, 1.807) is 18.2 Å². The van der Waals surface area contributed by atoms with Gasteiger partial charge in [-0.25, -0.2) is 13.2 Å². The molecule has 2 N–H and O–H groups in total. The summed E-state index contributed by atoms with van der Waals surface area (Å²) >= 11 is 0.